The Balaban J connectivity index is 0.000000787. The molecule has 6 heteroatoms. The molecule has 186 valence electrons. The maximum atomic E-state index is 9.10. The number of hydrogen-bond donors (Lipinski definition) is 0. The van der Waals surface area contributed by atoms with Gasteiger partial charge in [-0.25, -0.2) is 0 Å². The molecule has 0 unspecified atom stereocenters. The number of hydrogen-bond acceptors (Lipinski definition) is 5. The van der Waals surface area contributed by atoms with Crippen LogP contribution >= 0.6 is 23.4 Å². The Kier molecular flexibility index (Phi) is 18.7. The summed E-state index contributed by atoms with van der Waals surface area (Å²) in [7, 11) is 2.20. The third-order valence-corrected chi connectivity index (χ3v) is 6.26. The van der Waals surface area contributed by atoms with Crippen LogP contribution in [-0.4, -0.2) is 50.7 Å². The van der Waals surface area contributed by atoms with Crippen LogP contribution in [0.5, 0.6) is 0 Å². The van der Waals surface area contributed by atoms with Crippen LogP contribution in [0.2, 0.25) is 0 Å². The molecule has 1 heterocycles. The topological polar surface area (TPSA) is 32.8 Å². The number of alkyl halides is 1. The number of rotatable bonds is 6. The molecule has 0 N–H and O–H groups in total. The number of benzene rings is 2. The molecule has 1 fully saturated rings. The van der Waals surface area contributed by atoms with Crippen molar-refractivity contribution in [3.05, 3.63) is 53.6 Å². The zero-order valence-corrected chi connectivity index (χ0v) is 23.1. The van der Waals surface area contributed by atoms with Gasteiger partial charge in [-0.2, -0.15) is 0 Å². The highest BCUT2D eigenvalue weighted by Crippen LogP contribution is 2.37. The lowest BCUT2D eigenvalue weighted by Gasteiger charge is -2.35. The zero-order valence-electron chi connectivity index (χ0n) is 21.6. The van der Waals surface area contributed by atoms with Gasteiger partial charge in [0.2, 0.25) is 0 Å². The molecule has 1 aliphatic heterocycles. The third kappa shape index (κ3) is 13.0. The van der Waals surface area contributed by atoms with Crippen LogP contribution in [0.1, 0.15) is 51.7 Å². The van der Waals surface area contributed by atoms with Crippen LogP contribution in [0.4, 0.5) is 5.69 Å². The number of likely N-dealkylation sites (N-methyl/N-ethyl adjacent to an activating group) is 1. The van der Waals surface area contributed by atoms with Gasteiger partial charge in [0.15, 0.2) is 6.07 Å². The molecule has 1 saturated heterocycles. The summed E-state index contributed by atoms with van der Waals surface area (Å²) in [4.78, 5) is 16.7. The molecule has 2 aromatic carbocycles. The van der Waals surface area contributed by atoms with Gasteiger partial charge in [-0.1, -0.05) is 93.7 Å². The summed E-state index contributed by atoms with van der Waals surface area (Å²) in [6, 6.07) is 15.5. The fourth-order valence-corrected chi connectivity index (χ4v) is 4.00. The van der Waals surface area contributed by atoms with E-state index in [1.54, 1.807) is 0 Å². The second-order valence-electron chi connectivity index (χ2n) is 7.50. The predicted octanol–water partition coefficient (Wildman–Crippen LogP) is 7.39. The van der Waals surface area contributed by atoms with Gasteiger partial charge in [-0.3, -0.25) is 4.79 Å². The monoisotopic (exact) mass is 494 g/mol. The largest absolute Gasteiger partial charge is 0.452 e. The number of carbonyl (C=O) groups is 1. The number of halogens is 1. The molecule has 0 bridgehead atoms. The standard InChI is InChI=1S/C19H24N2S.C4H10.C2H3ClO2.C2H6/c1-15-8-9-18(16(2)14-15)22-19-7-5-4-6-17(19)21-12-10-20(3)11-13-21;1-3-4-2;3-1-5-2-4;1-2/h4-9,14H,10-13H2,1-3H3;3-4H2,1-2H3;2H,1H2;1-2H3. The van der Waals surface area contributed by atoms with Gasteiger partial charge in [-0.05, 0) is 44.7 Å². The maximum Gasteiger partial charge on any atom is 0.294 e. The Morgan fingerprint density at radius 1 is 0.970 bits per heavy atom. The molecule has 0 radical (unpaired) electrons. The fourth-order valence-electron chi connectivity index (χ4n) is 2.91. The Hall–Kier alpha value is -1.69. The molecule has 0 saturated carbocycles. The minimum atomic E-state index is -0.0521. The second kappa shape index (κ2) is 19.7. The van der Waals surface area contributed by atoms with E-state index >= 15 is 0 Å². The van der Waals surface area contributed by atoms with E-state index in [0.717, 1.165) is 26.2 Å². The number of anilines is 1. The highest BCUT2D eigenvalue weighted by molar-refractivity contribution is 7.99. The van der Waals surface area contributed by atoms with Gasteiger partial charge in [0.1, 0.15) is 0 Å². The van der Waals surface area contributed by atoms with E-state index in [0.29, 0.717) is 6.47 Å². The molecular weight excluding hydrogens is 452 g/mol. The molecule has 33 heavy (non-hydrogen) atoms. The first-order valence-corrected chi connectivity index (χ1v) is 13.2. The summed E-state index contributed by atoms with van der Waals surface area (Å²) in [5, 5.41) is 0. The minimum Gasteiger partial charge on any atom is -0.452 e. The van der Waals surface area contributed by atoms with Gasteiger partial charge in [-0.15, -0.1) is 0 Å². The molecule has 0 atom stereocenters. The summed E-state index contributed by atoms with van der Waals surface area (Å²) in [5.74, 6) is 0. The second-order valence-corrected chi connectivity index (χ2v) is 8.80. The summed E-state index contributed by atoms with van der Waals surface area (Å²) in [5.41, 5.74) is 4.06. The van der Waals surface area contributed by atoms with E-state index in [-0.39, 0.29) is 6.07 Å². The molecule has 1 aliphatic rings. The van der Waals surface area contributed by atoms with Crippen LogP contribution in [0.25, 0.3) is 0 Å². The number of nitrogens with zero attached hydrogens (tertiary/aromatic N) is 2. The van der Waals surface area contributed by atoms with Crippen molar-refractivity contribution < 1.29 is 9.53 Å². The molecular formula is C27H43ClN2O2S. The Bertz CT molecular complexity index is 764. The third-order valence-electron chi connectivity index (χ3n) is 4.89. The van der Waals surface area contributed by atoms with Crippen molar-refractivity contribution in [3.63, 3.8) is 0 Å². The molecule has 2 aromatic rings. The van der Waals surface area contributed by atoms with E-state index in [1.807, 2.05) is 25.6 Å². The maximum absolute atomic E-state index is 9.10. The number of para-hydroxylation sites is 1. The van der Waals surface area contributed by atoms with Crippen molar-refractivity contribution in [1.29, 1.82) is 0 Å². The van der Waals surface area contributed by atoms with E-state index in [1.165, 1.54) is 39.4 Å². The summed E-state index contributed by atoms with van der Waals surface area (Å²) in [6.07, 6.45) is 2.64. The predicted molar refractivity (Wildman–Crippen MR) is 146 cm³/mol. The van der Waals surface area contributed by atoms with Crippen LogP contribution in [-0.2, 0) is 9.53 Å². The van der Waals surface area contributed by atoms with Crippen molar-refractivity contribution in [1.82, 2.24) is 4.90 Å². The number of piperazine rings is 1. The Morgan fingerprint density at radius 3 is 2.06 bits per heavy atom. The van der Waals surface area contributed by atoms with Crippen LogP contribution in [0, 0.1) is 13.8 Å². The SMILES string of the molecule is CC.CCCC.Cc1ccc(Sc2ccccc2N2CCN(C)CC2)c(C)c1.O=COCCl. The van der Waals surface area contributed by atoms with Gasteiger partial charge >= 0.3 is 0 Å². The summed E-state index contributed by atoms with van der Waals surface area (Å²) in [6.45, 7) is 17.5. The summed E-state index contributed by atoms with van der Waals surface area (Å²) >= 11 is 6.74. The average Bonchev–Trinajstić information content (AvgIpc) is 2.84. The zero-order chi connectivity index (χ0) is 25.1. The first kappa shape index (κ1) is 31.3. The number of unbranched alkanes of at least 4 members (excludes halogenated alkanes) is 1. The van der Waals surface area contributed by atoms with Crippen molar-refractivity contribution in [2.45, 2.75) is 64.2 Å². The first-order chi connectivity index (χ1) is 16.0. The smallest absolute Gasteiger partial charge is 0.294 e. The van der Waals surface area contributed by atoms with Gasteiger partial charge in [0.25, 0.3) is 6.47 Å². The number of aryl methyl sites for hydroxylation is 2. The first-order valence-electron chi connectivity index (χ1n) is 11.9. The van der Waals surface area contributed by atoms with Crippen molar-refractivity contribution in [2.75, 3.05) is 44.2 Å². The van der Waals surface area contributed by atoms with Gasteiger partial charge in [0.05, 0.1) is 5.69 Å². The molecule has 0 aliphatic carbocycles. The van der Waals surface area contributed by atoms with Gasteiger partial charge < -0.3 is 14.5 Å². The summed E-state index contributed by atoms with van der Waals surface area (Å²) < 4.78 is 3.92. The normalized spacial score (nSPS) is 12.8. The highest BCUT2D eigenvalue weighted by Gasteiger charge is 2.17. The van der Waals surface area contributed by atoms with Crippen molar-refractivity contribution in [2.24, 2.45) is 0 Å². The quantitative estimate of drug-likeness (QED) is 0.308. The Morgan fingerprint density at radius 2 is 1.58 bits per heavy atom. The van der Waals surface area contributed by atoms with E-state index in [9.17, 15) is 0 Å². The molecule has 0 amide bonds. The molecule has 4 nitrogen and oxygen atoms in total. The van der Waals surface area contributed by atoms with E-state index in [4.69, 9.17) is 16.4 Å². The average molecular weight is 495 g/mol. The van der Waals surface area contributed by atoms with E-state index < -0.39 is 0 Å². The van der Waals surface area contributed by atoms with Crippen LogP contribution < -0.4 is 4.90 Å². The van der Waals surface area contributed by atoms with Crippen LogP contribution in [0.15, 0.2) is 52.3 Å². The van der Waals surface area contributed by atoms with E-state index in [2.05, 4.69) is 91.7 Å². The van der Waals surface area contributed by atoms with Gasteiger partial charge in [0, 0.05) is 36.0 Å². The number of ether oxygens (including phenoxy) is 1. The highest BCUT2D eigenvalue weighted by atomic mass is 35.5. The lowest BCUT2D eigenvalue weighted by Crippen LogP contribution is -2.44. The number of carbonyl (C=O) groups excluding carboxylic acids is 1. The van der Waals surface area contributed by atoms with Crippen LogP contribution in [0.3, 0.4) is 0 Å². The Labute approximate surface area is 211 Å². The minimum absolute atomic E-state index is 0.0521. The fraction of sp³-hybridized carbons (Fsp3) is 0.519. The molecule has 3 rings (SSSR count). The lowest BCUT2D eigenvalue weighted by atomic mass is 10.2. The van der Waals surface area contributed by atoms with Crippen molar-refractivity contribution >= 4 is 35.5 Å². The lowest BCUT2D eigenvalue weighted by molar-refractivity contribution is -0.126. The van der Waals surface area contributed by atoms with Crippen molar-refractivity contribution in [3.8, 4) is 0 Å². The molecule has 0 aromatic heterocycles. The molecule has 0 spiro atoms.